The maximum absolute atomic E-state index is 11.0. The minimum atomic E-state index is -0.603. The number of ether oxygens (including phenoxy) is 2. The van der Waals surface area contributed by atoms with E-state index in [2.05, 4.69) is 10.1 Å². The van der Waals surface area contributed by atoms with E-state index >= 15 is 0 Å². The van der Waals surface area contributed by atoms with Gasteiger partial charge in [-0.1, -0.05) is 12.1 Å². The second-order valence-corrected chi connectivity index (χ2v) is 4.08. The van der Waals surface area contributed by atoms with Crippen LogP contribution in [0.5, 0.6) is 5.75 Å². The Bertz CT molecular complexity index is 395. The van der Waals surface area contributed by atoms with Crippen LogP contribution in [0.25, 0.3) is 0 Å². The fourth-order valence-electron chi connectivity index (χ4n) is 1.61. The minimum absolute atomic E-state index is 0.215. The maximum atomic E-state index is 11.0. The molecule has 5 heteroatoms. The first-order valence-electron chi connectivity index (χ1n) is 6.38. The van der Waals surface area contributed by atoms with Crippen LogP contribution in [0.4, 0.5) is 5.69 Å². The molecular formula is C14H21NO4. The number of carbonyl (C=O) groups is 1. The van der Waals surface area contributed by atoms with Gasteiger partial charge in [0, 0.05) is 13.0 Å². The summed E-state index contributed by atoms with van der Waals surface area (Å²) in [4.78, 5) is 11.0. The topological polar surface area (TPSA) is 67.8 Å². The van der Waals surface area contributed by atoms with E-state index in [4.69, 9.17) is 4.74 Å². The Kier molecular flexibility index (Phi) is 6.74. The SMILES string of the molecule is CCOc1ccccc1NCC(O)CCC(=O)OC. The lowest BCUT2D eigenvalue weighted by Gasteiger charge is -2.15. The molecule has 5 nitrogen and oxygen atoms in total. The number of aliphatic hydroxyl groups excluding tert-OH is 1. The molecule has 0 amide bonds. The van der Waals surface area contributed by atoms with Gasteiger partial charge < -0.3 is 19.9 Å². The molecule has 0 aromatic heterocycles. The van der Waals surface area contributed by atoms with Crippen molar-refractivity contribution in [2.24, 2.45) is 0 Å². The molecule has 0 saturated heterocycles. The second-order valence-electron chi connectivity index (χ2n) is 4.08. The first-order chi connectivity index (χ1) is 9.17. The number of hydrogen-bond donors (Lipinski definition) is 2. The van der Waals surface area contributed by atoms with Crippen molar-refractivity contribution in [2.45, 2.75) is 25.9 Å². The van der Waals surface area contributed by atoms with Crippen LogP contribution >= 0.6 is 0 Å². The molecule has 0 spiro atoms. The predicted molar refractivity (Wildman–Crippen MR) is 73.4 cm³/mol. The Balaban J connectivity index is 2.41. The van der Waals surface area contributed by atoms with Crippen molar-refractivity contribution in [1.29, 1.82) is 0 Å². The van der Waals surface area contributed by atoms with Crippen LogP contribution in [0.15, 0.2) is 24.3 Å². The van der Waals surface area contributed by atoms with Crippen LogP contribution in [0.2, 0.25) is 0 Å². The van der Waals surface area contributed by atoms with E-state index in [1.165, 1.54) is 7.11 Å². The average Bonchev–Trinajstić information content (AvgIpc) is 2.44. The zero-order chi connectivity index (χ0) is 14.1. The van der Waals surface area contributed by atoms with Crippen LogP contribution in [-0.4, -0.2) is 37.4 Å². The molecule has 1 aromatic rings. The molecule has 0 bridgehead atoms. The largest absolute Gasteiger partial charge is 0.492 e. The molecule has 2 N–H and O–H groups in total. The zero-order valence-corrected chi connectivity index (χ0v) is 11.4. The van der Waals surface area contributed by atoms with E-state index in [1.807, 2.05) is 31.2 Å². The fraction of sp³-hybridized carbons (Fsp3) is 0.500. The summed E-state index contributed by atoms with van der Waals surface area (Å²) in [6.07, 6.45) is -0.0167. The summed E-state index contributed by atoms with van der Waals surface area (Å²) in [5.41, 5.74) is 0.835. The van der Waals surface area contributed by atoms with Gasteiger partial charge in [-0.15, -0.1) is 0 Å². The van der Waals surface area contributed by atoms with Crippen LogP contribution in [-0.2, 0) is 9.53 Å². The van der Waals surface area contributed by atoms with Crippen LogP contribution in [0, 0.1) is 0 Å². The van der Waals surface area contributed by atoms with E-state index in [1.54, 1.807) is 0 Å². The second kappa shape index (κ2) is 8.37. The molecule has 1 unspecified atom stereocenters. The van der Waals surface area contributed by atoms with Gasteiger partial charge in [-0.25, -0.2) is 0 Å². The number of anilines is 1. The lowest BCUT2D eigenvalue weighted by Crippen LogP contribution is -2.21. The first kappa shape index (κ1) is 15.3. The monoisotopic (exact) mass is 267 g/mol. The van der Waals surface area contributed by atoms with Gasteiger partial charge in [0.25, 0.3) is 0 Å². The van der Waals surface area contributed by atoms with E-state index in [9.17, 15) is 9.90 Å². The Hall–Kier alpha value is -1.75. The van der Waals surface area contributed by atoms with Gasteiger partial charge in [0.15, 0.2) is 0 Å². The summed E-state index contributed by atoms with van der Waals surface area (Å²) in [5, 5.41) is 12.9. The third kappa shape index (κ3) is 5.61. The van der Waals surface area contributed by atoms with Crippen molar-refractivity contribution in [2.75, 3.05) is 25.6 Å². The number of nitrogens with one attached hydrogen (secondary N) is 1. The van der Waals surface area contributed by atoms with Crippen LogP contribution < -0.4 is 10.1 Å². The molecule has 0 aliphatic carbocycles. The van der Waals surface area contributed by atoms with E-state index in [-0.39, 0.29) is 12.4 Å². The fourth-order valence-corrected chi connectivity index (χ4v) is 1.61. The Morgan fingerprint density at radius 1 is 1.42 bits per heavy atom. The van der Waals surface area contributed by atoms with Gasteiger partial charge in [0.1, 0.15) is 5.75 Å². The summed E-state index contributed by atoms with van der Waals surface area (Å²) < 4.78 is 9.99. The molecule has 0 radical (unpaired) electrons. The molecule has 1 rings (SSSR count). The zero-order valence-electron chi connectivity index (χ0n) is 11.4. The number of aliphatic hydroxyl groups is 1. The van der Waals surface area contributed by atoms with E-state index in [0.29, 0.717) is 19.6 Å². The van der Waals surface area contributed by atoms with Crippen LogP contribution in [0.1, 0.15) is 19.8 Å². The summed E-state index contributed by atoms with van der Waals surface area (Å²) in [7, 11) is 1.34. The molecule has 1 atom stereocenters. The first-order valence-corrected chi connectivity index (χ1v) is 6.38. The minimum Gasteiger partial charge on any atom is -0.492 e. The third-order valence-electron chi connectivity index (χ3n) is 2.62. The number of carbonyl (C=O) groups excluding carboxylic acids is 1. The molecule has 0 aliphatic rings. The van der Waals surface area contributed by atoms with Gasteiger partial charge in [0.05, 0.1) is 25.5 Å². The smallest absolute Gasteiger partial charge is 0.305 e. The van der Waals surface area contributed by atoms with Gasteiger partial charge in [-0.05, 0) is 25.5 Å². The van der Waals surface area contributed by atoms with E-state index in [0.717, 1.165) is 11.4 Å². The van der Waals surface area contributed by atoms with Gasteiger partial charge >= 0.3 is 5.97 Å². The van der Waals surface area contributed by atoms with Gasteiger partial charge in [0.2, 0.25) is 0 Å². The van der Waals surface area contributed by atoms with Crippen LogP contribution in [0.3, 0.4) is 0 Å². The highest BCUT2D eigenvalue weighted by Crippen LogP contribution is 2.23. The summed E-state index contributed by atoms with van der Waals surface area (Å²) >= 11 is 0. The summed E-state index contributed by atoms with van der Waals surface area (Å²) in [6, 6.07) is 7.54. The lowest BCUT2D eigenvalue weighted by molar-refractivity contribution is -0.141. The number of benzene rings is 1. The van der Waals surface area contributed by atoms with Crippen molar-refractivity contribution >= 4 is 11.7 Å². The molecule has 0 fully saturated rings. The lowest BCUT2D eigenvalue weighted by atomic mass is 10.2. The van der Waals surface area contributed by atoms with Gasteiger partial charge in [-0.2, -0.15) is 0 Å². The predicted octanol–water partition coefficient (Wildman–Crippen LogP) is 1.81. The van der Waals surface area contributed by atoms with E-state index < -0.39 is 6.10 Å². The number of hydrogen-bond acceptors (Lipinski definition) is 5. The highest BCUT2D eigenvalue weighted by molar-refractivity contribution is 5.69. The molecule has 19 heavy (non-hydrogen) atoms. The van der Waals surface area contributed by atoms with Crippen molar-refractivity contribution in [3.8, 4) is 5.75 Å². The third-order valence-corrected chi connectivity index (χ3v) is 2.62. The van der Waals surface area contributed by atoms with Gasteiger partial charge in [-0.3, -0.25) is 4.79 Å². The summed E-state index contributed by atoms with van der Waals surface area (Å²) in [6.45, 7) is 2.87. The standard InChI is InChI=1S/C14H21NO4/c1-3-19-13-7-5-4-6-12(13)15-10-11(16)8-9-14(17)18-2/h4-7,11,15-16H,3,8-10H2,1-2H3. The number of esters is 1. The maximum Gasteiger partial charge on any atom is 0.305 e. The molecular weight excluding hydrogens is 246 g/mol. The molecule has 0 heterocycles. The molecule has 0 saturated carbocycles. The Morgan fingerprint density at radius 3 is 2.84 bits per heavy atom. The summed E-state index contributed by atoms with van der Waals surface area (Å²) in [5.74, 6) is 0.443. The Labute approximate surface area is 113 Å². The quantitative estimate of drug-likeness (QED) is 0.703. The molecule has 1 aromatic carbocycles. The van der Waals surface area contributed by atoms with Crippen molar-refractivity contribution in [3.63, 3.8) is 0 Å². The number of methoxy groups -OCH3 is 1. The Morgan fingerprint density at radius 2 is 2.16 bits per heavy atom. The molecule has 0 aliphatic heterocycles. The number of para-hydroxylation sites is 2. The number of rotatable bonds is 8. The van der Waals surface area contributed by atoms with Crippen molar-refractivity contribution in [1.82, 2.24) is 0 Å². The highest BCUT2D eigenvalue weighted by atomic mass is 16.5. The van der Waals surface area contributed by atoms with Crippen molar-refractivity contribution < 1.29 is 19.4 Å². The average molecular weight is 267 g/mol. The highest BCUT2D eigenvalue weighted by Gasteiger charge is 2.09. The molecule has 106 valence electrons. The van der Waals surface area contributed by atoms with Crippen molar-refractivity contribution in [3.05, 3.63) is 24.3 Å². The normalized spacial score (nSPS) is 11.7.